The number of tetrazole rings is 1. The molecular weight excluding hydrogens is 340 g/mol. The monoisotopic (exact) mass is 368 g/mol. The number of rotatable bonds is 4. The molecule has 1 aromatic heterocycles. The number of nitrogens with one attached hydrogen (secondary N) is 1. The number of piperidine rings is 2. The molecule has 27 heavy (non-hydrogen) atoms. The predicted octanol–water partition coefficient (Wildman–Crippen LogP) is 2.27. The van der Waals surface area contributed by atoms with Crippen LogP contribution in [0.15, 0.2) is 18.5 Å². The molecule has 0 unspecified atom stereocenters. The maximum absolute atomic E-state index is 13.0. The third kappa shape index (κ3) is 3.60. The van der Waals surface area contributed by atoms with Gasteiger partial charge in [0.2, 0.25) is 0 Å². The van der Waals surface area contributed by atoms with Gasteiger partial charge in [-0.15, -0.1) is 5.10 Å². The standard InChI is InChI=1S/C20H28N6O/c1-14-8-9-17(19(15(14)2)26-13-22-23-24-26)20(27)21-12-16-6-5-11-25-10-4-3-7-18(16)25/h8-9,13,16,18H,3-7,10-12H2,1-2H3,(H,21,27)/t16-,18+/m1/s1. The number of benzene rings is 1. The Kier molecular flexibility index (Phi) is 5.20. The third-order valence-corrected chi connectivity index (χ3v) is 6.28. The van der Waals surface area contributed by atoms with E-state index in [1.165, 1.54) is 45.2 Å². The minimum absolute atomic E-state index is 0.0449. The molecule has 3 heterocycles. The maximum atomic E-state index is 13.0. The molecule has 4 rings (SSSR count). The molecule has 1 amide bonds. The van der Waals surface area contributed by atoms with Gasteiger partial charge in [0, 0.05) is 12.6 Å². The van der Waals surface area contributed by atoms with Crippen molar-refractivity contribution in [1.29, 1.82) is 0 Å². The van der Waals surface area contributed by atoms with Gasteiger partial charge in [0.25, 0.3) is 5.91 Å². The van der Waals surface area contributed by atoms with Crippen LogP contribution in [0, 0.1) is 19.8 Å². The summed E-state index contributed by atoms with van der Waals surface area (Å²) in [4.78, 5) is 15.7. The number of nitrogens with zero attached hydrogens (tertiary/aromatic N) is 5. The van der Waals surface area contributed by atoms with E-state index in [2.05, 4.69) is 25.7 Å². The molecule has 7 heteroatoms. The molecule has 2 aliphatic rings. The summed E-state index contributed by atoms with van der Waals surface area (Å²) < 4.78 is 1.58. The second kappa shape index (κ2) is 7.76. The highest BCUT2D eigenvalue weighted by atomic mass is 16.1. The van der Waals surface area contributed by atoms with Gasteiger partial charge in [0.15, 0.2) is 0 Å². The van der Waals surface area contributed by atoms with Gasteiger partial charge in [-0.25, -0.2) is 0 Å². The highest BCUT2D eigenvalue weighted by molar-refractivity contribution is 5.98. The van der Waals surface area contributed by atoms with Crippen molar-refractivity contribution in [3.05, 3.63) is 35.2 Å². The van der Waals surface area contributed by atoms with E-state index in [1.54, 1.807) is 11.0 Å². The fourth-order valence-electron chi connectivity index (χ4n) is 4.68. The Labute approximate surface area is 160 Å². The van der Waals surface area contributed by atoms with Crippen molar-refractivity contribution >= 4 is 5.91 Å². The summed E-state index contributed by atoms with van der Waals surface area (Å²) in [5.74, 6) is 0.502. The molecule has 0 radical (unpaired) electrons. The van der Waals surface area contributed by atoms with E-state index in [0.29, 0.717) is 17.5 Å². The molecule has 2 fully saturated rings. The molecule has 0 saturated carbocycles. The average molecular weight is 368 g/mol. The molecule has 0 bridgehead atoms. The van der Waals surface area contributed by atoms with Crippen LogP contribution in [0.3, 0.4) is 0 Å². The Morgan fingerprint density at radius 1 is 1.19 bits per heavy atom. The van der Waals surface area contributed by atoms with Gasteiger partial charge < -0.3 is 10.2 Å². The SMILES string of the molecule is Cc1ccc(C(=O)NC[C@H]2CCCN3CCCC[C@@H]23)c(-n2cnnn2)c1C. The Morgan fingerprint density at radius 3 is 2.85 bits per heavy atom. The number of carbonyl (C=O) groups excluding carboxylic acids is 1. The van der Waals surface area contributed by atoms with Crippen molar-refractivity contribution in [2.24, 2.45) is 5.92 Å². The zero-order chi connectivity index (χ0) is 18.8. The summed E-state index contributed by atoms with van der Waals surface area (Å²) in [6, 6.07) is 4.50. The van der Waals surface area contributed by atoms with E-state index in [4.69, 9.17) is 0 Å². The topological polar surface area (TPSA) is 75.9 Å². The van der Waals surface area contributed by atoms with Gasteiger partial charge in [-0.05, 0) is 86.2 Å². The van der Waals surface area contributed by atoms with Crippen molar-refractivity contribution in [3.8, 4) is 5.69 Å². The maximum Gasteiger partial charge on any atom is 0.253 e. The van der Waals surface area contributed by atoms with Crippen molar-refractivity contribution in [1.82, 2.24) is 30.4 Å². The average Bonchev–Trinajstić information content (AvgIpc) is 3.22. The number of hydrogen-bond donors (Lipinski definition) is 1. The first-order chi connectivity index (χ1) is 13.1. The van der Waals surface area contributed by atoms with Gasteiger partial charge >= 0.3 is 0 Å². The molecule has 1 N–H and O–H groups in total. The van der Waals surface area contributed by atoms with Gasteiger partial charge in [-0.3, -0.25) is 4.79 Å². The Balaban J connectivity index is 1.51. The van der Waals surface area contributed by atoms with Gasteiger partial charge in [0.05, 0.1) is 11.3 Å². The van der Waals surface area contributed by atoms with Crippen LogP contribution >= 0.6 is 0 Å². The Hall–Kier alpha value is -2.28. The van der Waals surface area contributed by atoms with Crippen LogP contribution in [0.4, 0.5) is 0 Å². The Morgan fingerprint density at radius 2 is 2.04 bits per heavy atom. The van der Waals surface area contributed by atoms with E-state index in [1.807, 2.05) is 26.0 Å². The molecular formula is C20H28N6O. The number of amides is 1. The van der Waals surface area contributed by atoms with Crippen LogP contribution in [0.1, 0.15) is 53.6 Å². The van der Waals surface area contributed by atoms with Gasteiger partial charge in [-0.2, -0.15) is 4.68 Å². The molecule has 2 saturated heterocycles. The Bertz CT molecular complexity index is 801. The highest BCUT2D eigenvalue weighted by Gasteiger charge is 2.33. The lowest BCUT2D eigenvalue weighted by Gasteiger charge is -2.44. The molecule has 1 aromatic carbocycles. The second-order valence-corrected chi connectivity index (χ2v) is 7.87. The fraction of sp³-hybridized carbons (Fsp3) is 0.600. The van der Waals surface area contributed by atoms with Crippen molar-refractivity contribution in [2.75, 3.05) is 19.6 Å². The number of carbonyl (C=O) groups is 1. The zero-order valence-electron chi connectivity index (χ0n) is 16.2. The van der Waals surface area contributed by atoms with Crippen molar-refractivity contribution in [2.45, 2.75) is 52.0 Å². The quantitative estimate of drug-likeness (QED) is 0.896. The van der Waals surface area contributed by atoms with E-state index in [0.717, 1.165) is 23.4 Å². The zero-order valence-corrected chi connectivity index (χ0v) is 16.2. The number of aryl methyl sites for hydroxylation is 1. The van der Waals surface area contributed by atoms with Crippen molar-refractivity contribution < 1.29 is 4.79 Å². The first-order valence-electron chi connectivity index (χ1n) is 10.0. The van der Waals surface area contributed by atoms with E-state index in [-0.39, 0.29) is 5.91 Å². The van der Waals surface area contributed by atoms with E-state index in [9.17, 15) is 4.79 Å². The normalized spacial score (nSPS) is 23.0. The van der Waals surface area contributed by atoms with Gasteiger partial charge in [-0.1, -0.05) is 12.5 Å². The molecule has 2 atom stereocenters. The largest absolute Gasteiger partial charge is 0.352 e. The summed E-state index contributed by atoms with van der Waals surface area (Å²) >= 11 is 0. The summed E-state index contributed by atoms with van der Waals surface area (Å²) in [5.41, 5.74) is 3.52. The molecule has 7 nitrogen and oxygen atoms in total. The summed E-state index contributed by atoms with van der Waals surface area (Å²) in [5, 5.41) is 14.7. The second-order valence-electron chi connectivity index (χ2n) is 7.87. The molecule has 2 aliphatic heterocycles. The fourth-order valence-corrected chi connectivity index (χ4v) is 4.68. The van der Waals surface area contributed by atoms with Crippen LogP contribution in [0.2, 0.25) is 0 Å². The number of aromatic nitrogens is 4. The van der Waals surface area contributed by atoms with Crippen LogP contribution in [0.5, 0.6) is 0 Å². The van der Waals surface area contributed by atoms with Crippen molar-refractivity contribution in [3.63, 3.8) is 0 Å². The molecule has 144 valence electrons. The smallest absolute Gasteiger partial charge is 0.253 e. The minimum atomic E-state index is -0.0449. The third-order valence-electron chi connectivity index (χ3n) is 6.28. The minimum Gasteiger partial charge on any atom is -0.352 e. The molecule has 0 spiro atoms. The predicted molar refractivity (Wildman–Crippen MR) is 103 cm³/mol. The lowest BCUT2D eigenvalue weighted by atomic mass is 9.83. The van der Waals surface area contributed by atoms with Gasteiger partial charge in [0.1, 0.15) is 6.33 Å². The van der Waals surface area contributed by atoms with Crippen LogP contribution < -0.4 is 5.32 Å². The van der Waals surface area contributed by atoms with E-state index < -0.39 is 0 Å². The van der Waals surface area contributed by atoms with Crippen LogP contribution in [-0.2, 0) is 0 Å². The first kappa shape index (κ1) is 18.1. The van der Waals surface area contributed by atoms with Crippen LogP contribution in [-0.4, -0.2) is 56.7 Å². The summed E-state index contributed by atoms with van der Waals surface area (Å²) in [6.07, 6.45) is 7.87. The van der Waals surface area contributed by atoms with Crippen LogP contribution in [0.25, 0.3) is 5.69 Å². The number of fused-ring (bicyclic) bond motifs is 1. The molecule has 0 aliphatic carbocycles. The summed E-state index contributed by atoms with van der Waals surface area (Å²) in [6.45, 7) is 7.21. The van der Waals surface area contributed by atoms with E-state index >= 15 is 0 Å². The summed E-state index contributed by atoms with van der Waals surface area (Å²) in [7, 11) is 0. The lowest BCUT2D eigenvalue weighted by Crippen LogP contribution is -2.51. The lowest BCUT2D eigenvalue weighted by molar-refractivity contribution is 0.0575. The first-order valence-corrected chi connectivity index (χ1v) is 10.0. The molecule has 2 aromatic rings. The number of hydrogen-bond acceptors (Lipinski definition) is 5. The highest BCUT2D eigenvalue weighted by Crippen LogP contribution is 2.30.